The molecule has 1 aliphatic heterocycles. The number of rotatable bonds is 3. The van der Waals surface area contributed by atoms with Crippen molar-refractivity contribution in [3.05, 3.63) is 0 Å². The molecule has 0 aromatic heterocycles. The third-order valence-corrected chi connectivity index (χ3v) is 2.46. The lowest BCUT2D eigenvalue weighted by Gasteiger charge is -2.30. The lowest BCUT2D eigenvalue weighted by Crippen LogP contribution is -2.43. The number of likely N-dealkylation sites (tertiary alicyclic amines) is 1. The van der Waals surface area contributed by atoms with Gasteiger partial charge in [0, 0.05) is 33.0 Å². The fourth-order valence-corrected chi connectivity index (χ4v) is 1.68. The molecule has 0 aromatic carbocycles. The number of hydrogen-bond donors (Lipinski definition) is 2. The molecule has 2 amide bonds. The van der Waals surface area contributed by atoms with Gasteiger partial charge >= 0.3 is 0 Å². The zero-order valence-electron chi connectivity index (χ0n) is 9.03. The Morgan fingerprint density at radius 3 is 2.87 bits per heavy atom. The Bertz CT molecular complexity index is 243. The van der Waals surface area contributed by atoms with Crippen LogP contribution in [0, 0.1) is 0 Å². The Balaban J connectivity index is 2.24. The highest BCUT2D eigenvalue weighted by atomic mass is 16.3. The van der Waals surface area contributed by atoms with Gasteiger partial charge in [0.2, 0.25) is 11.8 Å². The van der Waals surface area contributed by atoms with Crippen LogP contribution in [0.1, 0.15) is 26.2 Å². The first kappa shape index (κ1) is 12.0. The largest absolute Gasteiger partial charge is 0.391 e. The molecule has 0 saturated carbocycles. The number of nitrogens with one attached hydrogen (secondary N) is 1. The van der Waals surface area contributed by atoms with E-state index >= 15 is 0 Å². The van der Waals surface area contributed by atoms with Gasteiger partial charge in [-0.05, 0) is 12.8 Å². The van der Waals surface area contributed by atoms with Crippen LogP contribution in [0.3, 0.4) is 0 Å². The highest BCUT2D eigenvalue weighted by molar-refractivity contribution is 5.78. The Labute approximate surface area is 89.4 Å². The molecule has 5 nitrogen and oxygen atoms in total. The van der Waals surface area contributed by atoms with Gasteiger partial charge in [-0.1, -0.05) is 0 Å². The van der Waals surface area contributed by atoms with Crippen LogP contribution in [0.25, 0.3) is 0 Å². The maximum Gasteiger partial charge on any atom is 0.224 e. The summed E-state index contributed by atoms with van der Waals surface area (Å²) < 4.78 is 0. The minimum Gasteiger partial charge on any atom is -0.391 e. The number of aliphatic hydroxyl groups excluding tert-OH is 1. The summed E-state index contributed by atoms with van der Waals surface area (Å²) in [6.07, 6.45) is 1.55. The van der Waals surface area contributed by atoms with Crippen LogP contribution in [0.2, 0.25) is 0 Å². The van der Waals surface area contributed by atoms with Gasteiger partial charge in [0.15, 0.2) is 0 Å². The van der Waals surface area contributed by atoms with Gasteiger partial charge in [-0.15, -0.1) is 0 Å². The topological polar surface area (TPSA) is 69.6 Å². The SMILES string of the molecule is CC(=O)NCCC(=O)N1CCCC(O)C1. The lowest BCUT2D eigenvalue weighted by atomic mass is 10.1. The van der Waals surface area contributed by atoms with Gasteiger partial charge in [0.1, 0.15) is 0 Å². The fraction of sp³-hybridized carbons (Fsp3) is 0.800. The molecule has 0 aliphatic carbocycles. The maximum absolute atomic E-state index is 11.6. The van der Waals surface area contributed by atoms with E-state index in [1.165, 1.54) is 6.92 Å². The van der Waals surface area contributed by atoms with Gasteiger partial charge in [-0.25, -0.2) is 0 Å². The van der Waals surface area contributed by atoms with Crippen molar-refractivity contribution in [1.29, 1.82) is 0 Å². The average molecular weight is 214 g/mol. The van der Waals surface area contributed by atoms with E-state index in [0.717, 1.165) is 19.4 Å². The van der Waals surface area contributed by atoms with E-state index in [0.29, 0.717) is 19.5 Å². The number of β-amino-alcohol motifs (C(OH)–C–C–N with tert-alkyl or cyclic N) is 1. The second kappa shape index (κ2) is 5.70. The molecule has 86 valence electrons. The van der Waals surface area contributed by atoms with Crippen molar-refractivity contribution in [3.63, 3.8) is 0 Å². The van der Waals surface area contributed by atoms with Crippen molar-refractivity contribution < 1.29 is 14.7 Å². The van der Waals surface area contributed by atoms with E-state index in [1.807, 2.05) is 0 Å². The Morgan fingerprint density at radius 2 is 2.27 bits per heavy atom. The Morgan fingerprint density at radius 1 is 1.53 bits per heavy atom. The van der Waals surface area contributed by atoms with Crippen LogP contribution < -0.4 is 5.32 Å². The standard InChI is InChI=1S/C10H18N2O3/c1-8(13)11-5-4-10(15)12-6-2-3-9(14)7-12/h9,14H,2-7H2,1H3,(H,11,13). The number of carbonyl (C=O) groups excluding carboxylic acids is 2. The van der Waals surface area contributed by atoms with E-state index in [2.05, 4.69) is 5.32 Å². The van der Waals surface area contributed by atoms with Gasteiger partial charge in [0.05, 0.1) is 6.10 Å². The second-order valence-corrected chi connectivity index (χ2v) is 3.87. The number of aliphatic hydroxyl groups is 1. The van der Waals surface area contributed by atoms with Crippen LogP contribution >= 0.6 is 0 Å². The second-order valence-electron chi connectivity index (χ2n) is 3.87. The first-order chi connectivity index (χ1) is 7.09. The predicted molar refractivity (Wildman–Crippen MR) is 55.1 cm³/mol. The van der Waals surface area contributed by atoms with Crippen LogP contribution in [0.15, 0.2) is 0 Å². The molecular formula is C10H18N2O3. The van der Waals surface area contributed by atoms with Crippen molar-refractivity contribution in [3.8, 4) is 0 Å². The predicted octanol–water partition coefficient (Wildman–Crippen LogP) is -0.504. The van der Waals surface area contributed by atoms with Gasteiger partial charge in [-0.2, -0.15) is 0 Å². The molecule has 1 saturated heterocycles. The number of amides is 2. The number of piperidine rings is 1. The van der Waals surface area contributed by atoms with Crippen molar-refractivity contribution in [2.45, 2.75) is 32.3 Å². The zero-order chi connectivity index (χ0) is 11.3. The van der Waals surface area contributed by atoms with Crippen LogP contribution in [0.4, 0.5) is 0 Å². The summed E-state index contributed by atoms with van der Waals surface area (Å²) >= 11 is 0. The van der Waals surface area contributed by atoms with E-state index < -0.39 is 0 Å². The maximum atomic E-state index is 11.6. The number of hydrogen-bond acceptors (Lipinski definition) is 3. The quantitative estimate of drug-likeness (QED) is 0.665. The summed E-state index contributed by atoms with van der Waals surface area (Å²) in [6.45, 7) is 2.95. The van der Waals surface area contributed by atoms with Crippen molar-refractivity contribution >= 4 is 11.8 Å². The number of carbonyl (C=O) groups is 2. The molecule has 2 N–H and O–H groups in total. The smallest absolute Gasteiger partial charge is 0.224 e. The summed E-state index contributed by atoms with van der Waals surface area (Å²) in [5.41, 5.74) is 0. The van der Waals surface area contributed by atoms with Gasteiger partial charge in [-0.3, -0.25) is 9.59 Å². The van der Waals surface area contributed by atoms with Crippen molar-refractivity contribution in [2.75, 3.05) is 19.6 Å². The molecule has 0 bridgehead atoms. The van der Waals surface area contributed by atoms with Crippen molar-refractivity contribution in [2.24, 2.45) is 0 Å². The molecule has 1 aliphatic rings. The number of nitrogens with zero attached hydrogens (tertiary/aromatic N) is 1. The highest BCUT2D eigenvalue weighted by Crippen LogP contribution is 2.10. The monoisotopic (exact) mass is 214 g/mol. The third-order valence-electron chi connectivity index (χ3n) is 2.46. The fourth-order valence-electron chi connectivity index (χ4n) is 1.68. The zero-order valence-corrected chi connectivity index (χ0v) is 9.03. The highest BCUT2D eigenvalue weighted by Gasteiger charge is 2.21. The molecular weight excluding hydrogens is 196 g/mol. The molecule has 5 heteroatoms. The Kier molecular flexibility index (Phi) is 4.55. The molecule has 1 rings (SSSR count). The molecule has 0 aromatic rings. The van der Waals surface area contributed by atoms with Gasteiger partial charge in [0.25, 0.3) is 0 Å². The average Bonchev–Trinajstić information content (AvgIpc) is 2.17. The van der Waals surface area contributed by atoms with Gasteiger partial charge < -0.3 is 15.3 Å². The molecule has 1 atom stereocenters. The summed E-state index contributed by atoms with van der Waals surface area (Å²) in [4.78, 5) is 23.8. The minimum absolute atomic E-state index is 0.00231. The molecule has 1 fully saturated rings. The van der Waals surface area contributed by atoms with Crippen LogP contribution in [-0.2, 0) is 9.59 Å². The minimum atomic E-state index is -0.386. The Hall–Kier alpha value is -1.10. The summed E-state index contributed by atoms with van der Waals surface area (Å²) in [7, 11) is 0. The van der Waals surface area contributed by atoms with E-state index in [1.54, 1.807) is 4.90 Å². The van der Waals surface area contributed by atoms with E-state index in [-0.39, 0.29) is 17.9 Å². The molecule has 0 spiro atoms. The summed E-state index contributed by atoms with van der Waals surface area (Å²) in [5.74, 6) is -0.121. The molecule has 0 radical (unpaired) electrons. The van der Waals surface area contributed by atoms with E-state index in [4.69, 9.17) is 0 Å². The molecule has 1 heterocycles. The summed E-state index contributed by atoms with van der Waals surface area (Å²) in [6, 6.07) is 0. The van der Waals surface area contributed by atoms with Crippen LogP contribution in [-0.4, -0.2) is 47.6 Å². The summed E-state index contributed by atoms with van der Waals surface area (Å²) in [5, 5.41) is 12.0. The van der Waals surface area contributed by atoms with Crippen molar-refractivity contribution in [1.82, 2.24) is 10.2 Å². The first-order valence-corrected chi connectivity index (χ1v) is 5.30. The molecule has 1 unspecified atom stereocenters. The third kappa shape index (κ3) is 4.29. The normalized spacial score (nSPS) is 21.2. The van der Waals surface area contributed by atoms with Crippen LogP contribution in [0.5, 0.6) is 0 Å². The molecule has 15 heavy (non-hydrogen) atoms. The lowest BCUT2D eigenvalue weighted by molar-refractivity contribution is -0.134. The van der Waals surface area contributed by atoms with E-state index in [9.17, 15) is 14.7 Å². The first-order valence-electron chi connectivity index (χ1n) is 5.30.